The lowest BCUT2D eigenvalue weighted by atomic mass is 9.96. The fourth-order valence-electron chi connectivity index (χ4n) is 1.40. The van der Waals surface area contributed by atoms with Crippen molar-refractivity contribution in [3.63, 3.8) is 0 Å². The lowest BCUT2D eigenvalue weighted by Crippen LogP contribution is -2.39. The fraction of sp³-hybridized carbons (Fsp3) is 0.385. The highest BCUT2D eigenvalue weighted by Crippen LogP contribution is 2.16. The predicted molar refractivity (Wildman–Crippen MR) is 62.6 cm³/mol. The summed E-state index contributed by atoms with van der Waals surface area (Å²) in [7, 11) is 0. The number of ether oxygens (including phenoxy) is 1. The Labute approximate surface area is 100 Å². The minimum Gasteiger partial charge on any atom is -0.464 e. The summed E-state index contributed by atoms with van der Waals surface area (Å²) in [6.07, 6.45) is -0.282. The van der Waals surface area contributed by atoms with Gasteiger partial charge < -0.3 is 9.84 Å². The van der Waals surface area contributed by atoms with Gasteiger partial charge in [0, 0.05) is 5.56 Å². The molecule has 0 saturated heterocycles. The Balaban J connectivity index is 2.71. The summed E-state index contributed by atoms with van der Waals surface area (Å²) in [4.78, 5) is 23.2. The van der Waals surface area contributed by atoms with Gasteiger partial charge >= 0.3 is 5.97 Å². The van der Waals surface area contributed by atoms with Crippen LogP contribution in [0, 0.1) is 0 Å². The van der Waals surface area contributed by atoms with E-state index in [1.807, 2.05) is 0 Å². The van der Waals surface area contributed by atoms with E-state index in [0.717, 1.165) is 0 Å². The van der Waals surface area contributed by atoms with E-state index in [2.05, 4.69) is 0 Å². The van der Waals surface area contributed by atoms with Crippen molar-refractivity contribution < 1.29 is 19.4 Å². The first-order chi connectivity index (χ1) is 7.97. The van der Waals surface area contributed by atoms with Crippen LogP contribution in [0.2, 0.25) is 0 Å². The number of rotatable bonds is 5. The summed E-state index contributed by atoms with van der Waals surface area (Å²) >= 11 is 0. The number of hydrogen-bond acceptors (Lipinski definition) is 4. The highest BCUT2D eigenvalue weighted by molar-refractivity contribution is 5.99. The van der Waals surface area contributed by atoms with Crippen LogP contribution in [0.25, 0.3) is 0 Å². The second-order valence-electron chi connectivity index (χ2n) is 3.96. The van der Waals surface area contributed by atoms with Gasteiger partial charge in [0.2, 0.25) is 0 Å². The summed E-state index contributed by atoms with van der Waals surface area (Å²) in [6, 6.07) is 8.53. The summed E-state index contributed by atoms with van der Waals surface area (Å²) in [5.41, 5.74) is -1.31. The van der Waals surface area contributed by atoms with Crippen LogP contribution in [-0.4, -0.2) is 29.1 Å². The van der Waals surface area contributed by atoms with E-state index in [9.17, 15) is 14.7 Å². The Morgan fingerprint density at radius 3 is 2.41 bits per heavy atom. The average Bonchev–Trinajstić information content (AvgIpc) is 2.30. The molecule has 1 N–H and O–H groups in total. The van der Waals surface area contributed by atoms with Crippen molar-refractivity contribution >= 4 is 11.8 Å². The molecular formula is C13H16O4. The largest absolute Gasteiger partial charge is 0.464 e. The van der Waals surface area contributed by atoms with Gasteiger partial charge in [0.05, 0.1) is 13.0 Å². The topological polar surface area (TPSA) is 63.6 Å². The Morgan fingerprint density at radius 1 is 1.29 bits per heavy atom. The van der Waals surface area contributed by atoms with Gasteiger partial charge in [-0.1, -0.05) is 30.3 Å². The van der Waals surface area contributed by atoms with Gasteiger partial charge in [-0.15, -0.1) is 0 Å². The second kappa shape index (κ2) is 5.59. The number of benzene rings is 1. The Morgan fingerprint density at radius 2 is 1.88 bits per heavy atom. The maximum atomic E-state index is 11.8. The molecule has 0 radical (unpaired) electrons. The van der Waals surface area contributed by atoms with Crippen LogP contribution in [0.1, 0.15) is 30.6 Å². The number of carbonyl (C=O) groups is 2. The van der Waals surface area contributed by atoms with E-state index in [1.165, 1.54) is 6.92 Å². The summed E-state index contributed by atoms with van der Waals surface area (Å²) in [6.45, 7) is 3.10. The van der Waals surface area contributed by atoms with Crippen molar-refractivity contribution in [2.45, 2.75) is 25.9 Å². The van der Waals surface area contributed by atoms with Gasteiger partial charge in [-0.3, -0.25) is 4.79 Å². The minimum absolute atomic E-state index is 0.175. The highest BCUT2D eigenvalue weighted by Gasteiger charge is 2.34. The monoisotopic (exact) mass is 236 g/mol. The van der Waals surface area contributed by atoms with Crippen LogP contribution >= 0.6 is 0 Å². The van der Waals surface area contributed by atoms with Crippen LogP contribution < -0.4 is 0 Å². The molecule has 0 spiro atoms. The van der Waals surface area contributed by atoms with Crippen LogP contribution in [0.5, 0.6) is 0 Å². The Kier molecular flexibility index (Phi) is 4.40. The lowest BCUT2D eigenvalue weighted by molar-refractivity contribution is -0.162. The van der Waals surface area contributed by atoms with Crippen molar-refractivity contribution in [2.75, 3.05) is 6.61 Å². The molecule has 0 saturated carbocycles. The molecule has 0 fully saturated rings. The smallest absolute Gasteiger partial charge is 0.338 e. The molecule has 0 amide bonds. The number of aliphatic hydroxyl groups is 1. The molecule has 4 nitrogen and oxygen atoms in total. The molecule has 0 aromatic heterocycles. The summed E-state index contributed by atoms with van der Waals surface area (Å²) in [5.74, 6) is -1.06. The van der Waals surface area contributed by atoms with Crippen molar-refractivity contribution in [1.82, 2.24) is 0 Å². The first-order valence-corrected chi connectivity index (χ1v) is 5.45. The molecule has 0 heterocycles. The molecule has 0 aliphatic rings. The van der Waals surface area contributed by atoms with E-state index in [1.54, 1.807) is 37.3 Å². The van der Waals surface area contributed by atoms with Gasteiger partial charge in [-0.05, 0) is 13.8 Å². The standard InChI is InChI=1S/C13H16O4/c1-3-17-12(15)13(2,16)9-11(14)10-7-5-4-6-8-10/h4-8,16H,3,9H2,1-2H3. The van der Waals surface area contributed by atoms with Crippen molar-refractivity contribution in [3.05, 3.63) is 35.9 Å². The maximum absolute atomic E-state index is 11.8. The first kappa shape index (κ1) is 13.4. The zero-order valence-electron chi connectivity index (χ0n) is 9.97. The average molecular weight is 236 g/mol. The molecule has 1 aromatic carbocycles. The number of ketones is 1. The lowest BCUT2D eigenvalue weighted by Gasteiger charge is -2.19. The Bertz CT molecular complexity index is 395. The molecule has 92 valence electrons. The van der Waals surface area contributed by atoms with Gasteiger partial charge in [-0.25, -0.2) is 4.79 Å². The number of carbonyl (C=O) groups excluding carboxylic acids is 2. The number of esters is 1. The predicted octanol–water partition coefficient (Wildman–Crippen LogP) is 1.57. The van der Waals surface area contributed by atoms with Crippen molar-refractivity contribution in [1.29, 1.82) is 0 Å². The molecule has 1 atom stereocenters. The van der Waals surface area contributed by atoms with Gasteiger partial charge in [-0.2, -0.15) is 0 Å². The maximum Gasteiger partial charge on any atom is 0.338 e. The molecule has 0 aliphatic carbocycles. The van der Waals surface area contributed by atoms with Gasteiger partial charge in [0.25, 0.3) is 0 Å². The molecule has 1 rings (SSSR count). The first-order valence-electron chi connectivity index (χ1n) is 5.45. The number of hydrogen-bond donors (Lipinski definition) is 1. The SMILES string of the molecule is CCOC(=O)C(C)(O)CC(=O)c1ccccc1. The normalized spacial score (nSPS) is 13.8. The van der Waals surface area contributed by atoms with E-state index in [0.29, 0.717) is 5.56 Å². The molecule has 4 heteroatoms. The van der Waals surface area contributed by atoms with E-state index < -0.39 is 11.6 Å². The highest BCUT2D eigenvalue weighted by atomic mass is 16.5. The quantitative estimate of drug-likeness (QED) is 0.622. The fourth-order valence-corrected chi connectivity index (χ4v) is 1.40. The van der Waals surface area contributed by atoms with E-state index in [4.69, 9.17) is 4.74 Å². The third kappa shape index (κ3) is 3.67. The summed E-state index contributed by atoms with van der Waals surface area (Å²) in [5, 5.41) is 9.85. The molecule has 17 heavy (non-hydrogen) atoms. The van der Waals surface area contributed by atoms with Crippen molar-refractivity contribution in [2.24, 2.45) is 0 Å². The zero-order chi connectivity index (χ0) is 12.9. The van der Waals surface area contributed by atoms with E-state index >= 15 is 0 Å². The number of Topliss-reactive ketones (excluding diaryl/α,β-unsaturated/α-hetero) is 1. The van der Waals surface area contributed by atoms with Crippen LogP contribution in [-0.2, 0) is 9.53 Å². The zero-order valence-corrected chi connectivity index (χ0v) is 9.97. The molecule has 0 bridgehead atoms. The molecule has 1 unspecified atom stereocenters. The van der Waals surface area contributed by atoms with Gasteiger partial charge in [0.1, 0.15) is 0 Å². The molecule has 1 aromatic rings. The second-order valence-corrected chi connectivity index (χ2v) is 3.96. The molecular weight excluding hydrogens is 220 g/mol. The van der Waals surface area contributed by atoms with E-state index in [-0.39, 0.29) is 18.8 Å². The molecule has 0 aliphatic heterocycles. The summed E-state index contributed by atoms with van der Waals surface area (Å²) < 4.78 is 4.70. The van der Waals surface area contributed by atoms with Crippen LogP contribution in [0.3, 0.4) is 0 Å². The van der Waals surface area contributed by atoms with Crippen LogP contribution in [0.15, 0.2) is 30.3 Å². The third-order valence-corrected chi connectivity index (χ3v) is 2.32. The van der Waals surface area contributed by atoms with Crippen LogP contribution in [0.4, 0.5) is 0 Å². The van der Waals surface area contributed by atoms with Gasteiger partial charge in [0.15, 0.2) is 11.4 Å². The third-order valence-electron chi connectivity index (χ3n) is 2.32. The minimum atomic E-state index is -1.77. The van der Waals surface area contributed by atoms with Crippen molar-refractivity contribution in [3.8, 4) is 0 Å². The Hall–Kier alpha value is -1.68.